The van der Waals surface area contributed by atoms with Crippen LogP contribution in [0.1, 0.15) is 25.8 Å². The van der Waals surface area contributed by atoms with E-state index in [1.54, 1.807) is 0 Å². The Kier molecular flexibility index (Phi) is 4.57. The minimum absolute atomic E-state index is 0.434. The van der Waals surface area contributed by atoms with E-state index >= 15 is 0 Å². The van der Waals surface area contributed by atoms with E-state index in [9.17, 15) is 0 Å². The minimum atomic E-state index is 0.434. The van der Waals surface area contributed by atoms with E-state index in [-0.39, 0.29) is 0 Å². The van der Waals surface area contributed by atoms with Crippen LogP contribution in [0.5, 0.6) is 0 Å². The third-order valence-electron chi connectivity index (χ3n) is 4.53. The number of hydrogen-bond acceptors (Lipinski definition) is 2. The van der Waals surface area contributed by atoms with E-state index in [1.165, 1.54) is 22.1 Å². The number of aryl methyl sites for hydroxylation is 1. The van der Waals surface area contributed by atoms with Gasteiger partial charge in [-0.2, -0.15) is 0 Å². The van der Waals surface area contributed by atoms with Crippen molar-refractivity contribution in [3.05, 3.63) is 28.2 Å². The van der Waals surface area contributed by atoms with Crippen LogP contribution in [0.25, 0.3) is 0 Å². The molecule has 1 saturated heterocycles. The molecule has 0 saturated carbocycles. The number of nitrogens with zero attached hydrogens (tertiary/aromatic N) is 1. The molecule has 3 heteroatoms. The van der Waals surface area contributed by atoms with Gasteiger partial charge in [0.1, 0.15) is 0 Å². The maximum atomic E-state index is 3.58. The molecule has 0 radical (unpaired) electrons. The Bertz CT molecular complexity index is 442. The van der Waals surface area contributed by atoms with Gasteiger partial charge in [0.15, 0.2) is 0 Å². The predicted molar refractivity (Wildman–Crippen MR) is 86.9 cm³/mol. The van der Waals surface area contributed by atoms with Crippen molar-refractivity contribution in [3.63, 3.8) is 0 Å². The fourth-order valence-electron chi connectivity index (χ4n) is 2.88. The Balaban J connectivity index is 2.16. The number of anilines is 1. The lowest BCUT2D eigenvalue weighted by molar-refractivity contribution is 0.169. The second-order valence-electron chi connectivity index (χ2n) is 6.37. The molecule has 0 amide bonds. The molecule has 106 valence electrons. The zero-order chi connectivity index (χ0) is 14.0. The fraction of sp³-hybridized carbons (Fsp3) is 0.625. The molecule has 1 atom stereocenters. The smallest absolute Gasteiger partial charge is 0.0369 e. The lowest BCUT2D eigenvalue weighted by Crippen LogP contribution is -2.48. The van der Waals surface area contributed by atoms with Crippen LogP contribution < -0.4 is 10.2 Å². The van der Waals surface area contributed by atoms with Crippen molar-refractivity contribution in [3.8, 4) is 0 Å². The van der Waals surface area contributed by atoms with Gasteiger partial charge in [0.2, 0.25) is 0 Å². The Morgan fingerprint density at radius 1 is 1.42 bits per heavy atom. The normalized spacial score (nSPS) is 22.6. The second-order valence-corrected chi connectivity index (χ2v) is 7.23. The summed E-state index contributed by atoms with van der Waals surface area (Å²) in [5.74, 6) is 0.704. The van der Waals surface area contributed by atoms with Gasteiger partial charge in [-0.3, -0.25) is 0 Å². The zero-order valence-corrected chi connectivity index (χ0v) is 14.0. The van der Waals surface area contributed by atoms with Gasteiger partial charge in [-0.1, -0.05) is 29.8 Å². The van der Waals surface area contributed by atoms with E-state index < -0.39 is 0 Å². The Morgan fingerprint density at radius 2 is 2.16 bits per heavy atom. The fourth-order valence-corrected chi connectivity index (χ4v) is 3.13. The Morgan fingerprint density at radius 3 is 2.79 bits per heavy atom. The number of nitrogens with one attached hydrogen (secondary N) is 1. The molecule has 0 aromatic heterocycles. The average molecular weight is 325 g/mol. The molecule has 2 rings (SSSR count). The van der Waals surface area contributed by atoms with Gasteiger partial charge in [-0.15, -0.1) is 0 Å². The molecule has 19 heavy (non-hydrogen) atoms. The Hall–Kier alpha value is -0.540. The van der Waals surface area contributed by atoms with Crippen LogP contribution in [0.3, 0.4) is 0 Å². The van der Waals surface area contributed by atoms with Crippen LogP contribution in [0.4, 0.5) is 5.69 Å². The number of benzene rings is 1. The minimum Gasteiger partial charge on any atom is -0.371 e. The molecular formula is C16H25BrN2. The highest BCUT2D eigenvalue weighted by Gasteiger charge is 2.35. The zero-order valence-electron chi connectivity index (χ0n) is 12.5. The van der Waals surface area contributed by atoms with Crippen LogP contribution in [-0.4, -0.2) is 26.7 Å². The summed E-state index contributed by atoms with van der Waals surface area (Å²) in [7, 11) is 2.05. The number of piperidine rings is 1. The molecule has 1 aromatic rings. The van der Waals surface area contributed by atoms with Gasteiger partial charge in [0, 0.05) is 23.2 Å². The highest BCUT2D eigenvalue weighted by atomic mass is 79.9. The van der Waals surface area contributed by atoms with Crippen molar-refractivity contribution in [1.29, 1.82) is 0 Å². The highest BCUT2D eigenvalue weighted by molar-refractivity contribution is 9.10. The van der Waals surface area contributed by atoms with E-state index in [4.69, 9.17) is 0 Å². The standard InChI is InChI=1S/C16H25BrN2/c1-12-9-14(5-6-15(12)17)19-8-7-16(2,3)13(11-19)10-18-4/h5-6,9,13,18H,7-8,10-11H2,1-4H3. The summed E-state index contributed by atoms with van der Waals surface area (Å²) in [6.07, 6.45) is 1.26. The Labute approximate surface area is 125 Å². The largest absolute Gasteiger partial charge is 0.371 e. The first-order chi connectivity index (χ1) is 8.94. The van der Waals surface area contributed by atoms with Crippen molar-refractivity contribution in [2.45, 2.75) is 27.2 Å². The van der Waals surface area contributed by atoms with Crippen molar-refractivity contribution in [2.75, 3.05) is 31.6 Å². The van der Waals surface area contributed by atoms with Crippen LogP contribution in [0.15, 0.2) is 22.7 Å². The number of halogens is 1. The molecule has 1 fully saturated rings. The third kappa shape index (κ3) is 3.32. The highest BCUT2D eigenvalue weighted by Crippen LogP contribution is 2.37. The molecule has 0 bridgehead atoms. The first-order valence-electron chi connectivity index (χ1n) is 7.10. The molecule has 2 nitrogen and oxygen atoms in total. The molecule has 1 unspecified atom stereocenters. The first kappa shape index (κ1) is 14.9. The van der Waals surface area contributed by atoms with Gasteiger partial charge in [0.05, 0.1) is 0 Å². The summed E-state index contributed by atoms with van der Waals surface area (Å²) in [4.78, 5) is 2.53. The van der Waals surface area contributed by atoms with Crippen LogP contribution in [0.2, 0.25) is 0 Å². The molecule has 0 aliphatic carbocycles. The first-order valence-corrected chi connectivity index (χ1v) is 7.89. The van der Waals surface area contributed by atoms with Crippen molar-refractivity contribution >= 4 is 21.6 Å². The van der Waals surface area contributed by atoms with Crippen molar-refractivity contribution in [1.82, 2.24) is 5.32 Å². The second kappa shape index (κ2) is 5.84. The monoisotopic (exact) mass is 324 g/mol. The van der Waals surface area contributed by atoms with Crippen LogP contribution in [-0.2, 0) is 0 Å². The van der Waals surface area contributed by atoms with Crippen LogP contribution >= 0.6 is 15.9 Å². The lowest BCUT2D eigenvalue weighted by Gasteiger charge is -2.45. The third-order valence-corrected chi connectivity index (χ3v) is 5.42. The summed E-state index contributed by atoms with van der Waals surface area (Å²) in [6.45, 7) is 10.4. The van der Waals surface area contributed by atoms with Gasteiger partial charge in [-0.25, -0.2) is 0 Å². The number of hydrogen-bond donors (Lipinski definition) is 1. The number of rotatable bonds is 3. The maximum Gasteiger partial charge on any atom is 0.0369 e. The van der Waals surface area contributed by atoms with Crippen molar-refractivity contribution in [2.24, 2.45) is 11.3 Å². The van der Waals surface area contributed by atoms with Crippen molar-refractivity contribution < 1.29 is 0 Å². The van der Waals surface area contributed by atoms with E-state index in [1.807, 2.05) is 0 Å². The summed E-state index contributed by atoms with van der Waals surface area (Å²) in [5, 5.41) is 3.35. The van der Waals surface area contributed by atoms with E-state index in [0.29, 0.717) is 11.3 Å². The molecule has 1 N–H and O–H groups in total. The van der Waals surface area contributed by atoms with Gasteiger partial charge in [0.25, 0.3) is 0 Å². The van der Waals surface area contributed by atoms with E-state index in [0.717, 1.165) is 19.6 Å². The summed E-state index contributed by atoms with van der Waals surface area (Å²) < 4.78 is 1.19. The summed E-state index contributed by atoms with van der Waals surface area (Å²) >= 11 is 3.58. The van der Waals surface area contributed by atoms with Gasteiger partial charge < -0.3 is 10.2 Å². The lowest BCUT2D eigenvalue weighted by atomic mass is 9.73. The molecule has 1 heterocycles. The van der Waals surface area contributed by atoms with Gasteiger partial charge >= 0.3 is 0 Å². The van der Waals surface area contributed by atoms with Crippen LogP contribution in [0, 0.1) is 18.3 Å². The SMILES string of the molecule is CNCC1CN(c2ccc(Br)c(C)c2)CCC1(C)C. The molecule has 0 spiro atoms. The van der Waals surface area contributed by atoms with Gasteiger partial charge in [-0.05, 0) is 62.0 Å². The quantitative estimate of drug-likeness (QED) is 0.909. The predicted octanol–water partition coefficient (Wildman–Crippen LogP) is 3.83. The average Bonchev–Trinajstić information content (AvgIpc) is 2.35. The molecule has 1 aromatic carbocycles. The topological polar surface area (TPSA) is 15.3 Å². The molecule has 1 aliphatic rings. The maximum absolute atomic E-state index is 3.58. The summed E-state index contributed by atoms with van der Waals surface area (Å²) in [5.41, 5.74) is 3.11. The summed E-state index contributed by atoms with van der Waals surface area (Å²) in [6, 6.07) is 6.68. The molecular weight excluding hydrogens is 300 g/mol. The van der Waals surface area contributed by atoms with E-state index in [2.05, 4.69) is 72.2 Å². The molecule has 1 aliphatic heterocycles.